The fourth-order valence-electron chi connectivity index (χ4n) is 4.53. The smallest absolute Gasteiger partial charge is 0.236 e. The summed E-state index contributed by atoms with van der Waals surface area (Å²) in [7, 11) is 3.77. The van der Waals surface area contributed by atoms with Crippen LogP contribution in [0.4, 0.5) is 5.82 Å². The molecule has 3 heterocycles. The van der Waals surface area contributed by atoms with Crippen molar-refractivity contribution in [3.8, 4) is 0 Å². The van der Waals surface area contributed by atoms with E-state index in [1.54, 1.807) is 7.11 Å². The molecule has 3 aliphatic rings. The molecule has 0 unspecified atom stereocenters. The summed E-state index contributed by atoms with van der Waals surface area (Å²) < 4.78 is 5.16. The summed E-state index contributed by atoms with van der Waals surface area (Å²) in [6.07, 6.45) is 4.97. The van der Waals surface area contributed by atoms with Gasteiger partial charge in [0.25, 0.3) is 0 Å². The minimum Gasteiger partial charge on any atom is -0.383 e. The Labute approximate surface area is 188 Å². The third-order valence-electron chi connectivity index (χ3n) is 6.75. The van der Waals surface area contributed by atoms with Crippen LogP contribution in [0.15, 0.2) is 12.1 Å². The predicted octanol–water partition coefficient (Wildman–Crippen LogP) is 2.25. The number of hydrogen-bond acceptors (Lipinski definition) is 6. The van der Waals surface area contributed by atoms with Crippen molar-refractivity contribution in [3.63, 3.8) is 0 Å². The maximum Gasteiger partial charge on any atom is 0.236 e. The fourth-order valence-corrected chi connectivity index (χ4v) is 4.53. The van der Waals surface area contributed by atoms with Gasteiger partial charge in [-0.3, -0.25) is 14.6 Å². The first-order valence-corrected chi connectivity index (χ1v) is 12.1. The van der Waals surface area contributed by atoms with Gasteiger partial charge in [0.2, 0.25) is 5.91 Å². The van der Waals surface area contributed by atoms with Crippen molar-refractivity contribution < 1.29 is 9.53 Å². The highest BCUT2D eigenvalue weighted by atomic mass is 16.5. The molecule has 174 valence electrons. The van der Waals surface area contributed by atoms with Gasteiger partial charge < -0.3 is 14.5 Å². The Bertz CT molecular complexity index is 701. The van der Waals surface area contributed by atoms with Crippen molar-refractivity contribution in [2.75, 3.05) is 71.5 Å². The van der Waals surface area contributed by atoms with Gasteiger partial charge in [-0.05, 0) is 24.5 Å². The molecule has 0 radical (unpaired) electrons. The number of amides is 1. The zero-order chi connectivity index (χ0) is 22.2. The summed E-state index contributed by atoms with van der Waals surface area (Å²) in [6.45, 7) is 11.6. The number of piperazine rings is 1. The molecule has 0 aromatic carbocycles. The number of aromatic nitrogens is 1. The zero-order valence-corrected chi connectivity index (χ0v) is 20.0. The number of nitrogens with zero attached hydrogens (tertiary/aromatic N) is 5. The van der Waals surface area contributed by atoms with Gasteiger partial charge in [0.15, 0.2) is 0 Å². The summed E-state index contributed by atoms with van der Waals surface area (Å²) in [5.41, 5.74) is 2.42. The monoisotopic (exact) mass is 431 g/mol. The first kappa shape index (κ1) is 24.0. The molecule has 1 saturated carbocycles. The Morgan fingerprint density at radius 3 is 2.55 bits per heavy atom. The van der Waals surface area contributed by atoms with E-state index >= 15 is 0 Å². The highest BCUT2D eigenvalue weighted by Gasteiger charge is 2.30. The number of carbonyl (C=O) groups excluding carboxylic acids is 1. The lowest BCUT2D eigenvalue weighted by molar-refractivity contribution is -0.135. The van der Waals surface area contributed by atoms with E-state index in [1.165, 1.54) is 30.5 Å². The largest absolute Gasteiger partial charge is 0.383 e. The molecule has 1 saturated heterocycles. The second kappa shape index (κ2) is 11.8. The SMILES string of the molecule is CC.COCCN(C)c1ccc2c(n1)CCN(CC(=O)N1CCN(C3CCC3)CC1)C2. The standard InChI is InChI=1S/C22H35N5O2.C2H6/c1-24(14-15-29-2)21-7-6-18-16-25(9-8-20(18)23-21)17-22(28)27-12-10-26(11-13-27)19-4-3-5-19;1-2/h6-7,19H,3-5,8-17H2,1-2H3;1-2H3. The van der Waals surface area contributed by atoms with Crippen molar-refractivity contribution in [1.29, 1.82) is 0 Å². The first-order chi connectivity index (χ1) is 15.1. The van der Waals surface area contributed by atoms with Gasteiger partial charge >= 0.3 is 0 Å². The predicted molar refractivity (Wildman–Crippen MR) is 126 cm³/mol. The van der Waals surface area contributed by atoms with E-state index < -0.39 is 0 Å². The number of likely N-dealkylation sites (N-methyl/N-ethyl adjacent to an activating group) is 1. The third-order valence-corrected chi connectivity index (χ3v) is 6.75. The average molecular weight is 432 g/mol. The van der Waals surface area contributed by atoms with Crippen LogP contribution >= 0.6 is 0 Å². The summed E-state index contributed by atoms with van der Waals surface area (Å²) in [5, 5.41) is 0. The van der Waals surface area contributed by atoms with Crippen molar-refractivity contribution in [2.24, 2.45) is 0 Å². The second-order valence-corrected chi connectivity index (χ2v) is 8.65. The van der Waals surface area contributed by atoms with E-state index in [1.807, 2.05) is 20.9 Å². The molecular formula is C24H41N5O2. The molecule has 2 fully saturated rings. The summed E-state index contributed by atoms with van der Waals surface area (Å²) in [6, 6.07) is 5.05. The van der Waals surface area contributed by atoms with Gasteiger partial charge in [-0.2, -0.15) is 0 Å². The number of methoxy groups -OCH3 is 1. The molecule has 7 heteroatoms. The van der Waals surface area contributed by atoms with Gasteiger partial charge in [-0.25, -0.2) is 4.98 Å². The van der Waals surface area contributed by atoms with E-state index in [2.05, 4.69) is 31.7 Å². The Hall–Kier alpha value is -1.70. The van der Waals surface area contributed by atoms with Crippen LogP contribution in [0.25, 0.3) is 0 Å². The fraction of sp³-hybridized carbons (Fsp3) is 0.750. The van der Waals surface area contributed by atoms with Crippen molar-refractivity contribution in [1.82, 2.24) is 19.7 Å². The van der Waals surface area contributed by atoms with Crippen molar-refractivity contribution in [2.45, 2.75) is 52.1 Å². The maximum atomic E-state index is 12.8. The van der Waals surface area contributed by atoms with Crippen molar-refractivity contribution in [3.05, 3.63) is 23.4 Å². The van der Waals surface area contributed by atoms with Crippen LogP contribution in [-0.4, -0.2) is 98.2 Å². The molecule has 1 aliphatic carbocycles. The average Bonchev–Trinajstić information content (AvgIpc) is 2.77. The third kappa shape index (κ3) is 6.18. The molecule has 1 aromatic heterocycles. The van der Waals surface area contributed by atoms with E-state index in [4.69, 9.17) is 9.72 Å². The number of anilines is 1. The molecule has 2 aliphatic heterocycles. The molecule has 31 heavy (non-hydrogen) atoms. The van der Waals surface area contributed by atoms with Gasteiger partial charge in [0.05, 0.1) is 13.2 Å². The van der Waals surface area contributed by atoms with Gasteiger partial charge in [-0.15, -0.1) is 0 Å². The lowest BCUT2D eigenvalue weighted by Gasteiger charge is -2.43. The number of carbonyl (C=O) groups is 1. The van der Waals surface area contributed by atoms with E-state index in [-0.39, 0.29) is 5.91 Å². The molecule has 0 atom stereocenters. The van der Waals surface area contributed by atoms with Crippen LogP contribution < -0.4 is 4.90 Å². The number of rotatable bonds is 7. The van der Waals surface area contributed by atoms with E-state index in [0.717, 1.165) is 64.1 Å². The van der Waals surface area contributed by atoms with Gasteiger partial charge in [-0.1, -0.05) is 26.3 Å². The highest BCUT2D eigenvalue weighted by Crippen LogP contribution is 2.26. The lowest BCUT2D eigenvalue weighted by atomic mass is 9.91. The maximum absolute atomic E-state index is 12.8. The Kier molecular flexibility index (Phi) is 9.11. The van der Waals surface area contributed by atoms with Crippen molar-refractivity contribution >= 4 is 11.7 Å². The molecule has 0 N–H and O–H groups in total. The molecule has 4 rings (SSSR count). The van der Waals surface area contributed by atoms with Gasteiger partial charge in [0, 0.05) is 78.1 Å². The molecule has 1 aromatic rings. The van der Waals surface area contributed by atoms with Crippen LogP contribution in [0, 0.1) is 0 Å². The Balaban J connectivity index is 0.00000132. The van der Waals surface area contributed by atoms with Crippen LogP contribution in [0.2, 0.25) is 0 Å². The van der Waals surface area contributed by atoms with Crippen LogP contribution in [0.5, 0.6) is 0 Å². The molecular weight excluding hydrogens is 390 g/mol. The van der Waals surface area contributed by atoms with Crippen LogP contribution in [0.3, 0.4) is 0 Å². The number of pyridine rings is 1. The van der Waals surface area contributed by atoms with E-state index in [0.29, 0.717) is 13.2 Å². The van der Waals surface area contributed by atoms with Crippen LogP contribution in [-0.2, 0) is 22.5 Å². The van der Waals surface area contributed by atoms with E-state index in [9.17, 15) is 4.79 Å². The number of ether oxygens (including phenoxy) is 1. The normalized spacial score (nSPS) is 19.8. The minimum atomic E-state index is 0.283. The minimum absolute atomic E-state index is 0.283. The molecule has 1 amide bonds. The second-order valence-electron chi connectivity index (χ2n) is 8.65. The van der Waals surface area contributed by atoms with Gasteiger partial charge in [0.1, 0.15) is 5.82 Å². The highest BCUT2D eigenvalue weighted by molar-refractivity contribution is 5.78. The number of fused-ring (bicyclic) bond motifs is 1. The van der Waals surface area contributed by atoms with Crippen LogP contribution in [0.1, 0.15) is 44.4 Å². The quantitative estimate of drug-likeness (QED) is 0.660. The summed E-state index contributed by atoms with van der Waals surface area (Å²) in [5.74, 6) is 1.28. The summed E-state index contributed by atoms with van der Waals surface area (Å²) in [4.78, 5) is 26.7. The number of hydrogen-bond donors (Lipinski definition) is 0. The first-order valence-electron chi connectivity index (χ1n) is 12.1. The molecule has 7 nitrogen and oxygen atoms in total. The Morgan fingerprint density at radius 2 is 1.90 bits per heavy atom. The molecule has 0 bridgehead atoms. The topological polar surface area (TPSA) is 52.2 Å². The molecule has 0 spiro atoms. The zero-order valence-electron chi connectivity index (χ0n) is 20.0. The Morgan fingerprint density at radius 1 is 1.16 bits per heavy atom. The summed E-state index contributed by atoms with van der Waals surface area (Å²) >= 11 is 0. The lowest BCUT2D eigenvalue weighted by Crippen LogP contribution is -2.55.